The van der Waals surface area contributed by atoms with E-state index in [1.807, 2.05) is 27.7 Å². The van der Waals surface area contributed by atoms with Crippen LogP contribution >= 0.6 is 0 Å². The molecule has 0 aliphatic carbocycles. The number of urea groups is 1. The third kappa shape index (κ3) is 4.49. The number of rotatable bonds is 4. The van der Waals surface area contributed by atoms with Crippen LogP contribution in [0.15, 0.2) is 42.5 Å². The topological polar surface area (TPSA) is 76.7 Å². The van der Waals surface area contributed by atoms with Crippen molar-refractivity contribution < 1.29 is 23.3 Å². The first-order valence-corrected chi connectivity index (χ1v) is 9.32. The Morgan fingerprint density at radius 3 is 2.03 bits per heavy atom. The van der Waals surface area contributed by atoms with E-state index >= 15 is 0 Å². The molecule has 0 saturated carbocycles. The van der Waals surface area contributed by atoms with Crippen molar-refractivity contribution >= 4 is 35.8 Å². The number of halogens is 1. The molecule has 2 aromatic carbocycles. The molecule has 6 nitrogen and oxygen atoms in total. The normalized spacial score (nSPS) is 17.1. The molecule has 2 amide bonds. The minimum Gasteiger partial charge on any atom is -0.399 e. The van der Waals surface area contributed by atoms with Gasteiger partial charge in [0.1, 0.15) is 5.82 Å². The van der Waals surface area contributed by atoms with E-state index in [-0.39, 0.29) is 11.5 Å². The van der Waals surface area contributed by atoms with E-state index in [0.717, 1.165) is 0 Å². The number of amides is 2. The molecule has 1 aliphatic rings. The van der Waals surface area contributed by atoms with E-state index in [4.69, 9.17) is 9.31 Å². The molecule has 3 rings (SSSR count). The molecule has 0 radical (unpaired) electrons. The Kier molecular flexibility index (Phi) is 5.51. The second-order valence-electron chi connectivity index (χ2n) is 8.04. The van der Waals surface area contributed by atoms with E-state index in [2.05, 4.69) is 10.6 Å². The number of Topliss-reactive ketones (excluding diaryl/α,β-unsaturated/α-hetero) is 1. The fraction of sp³-hybridized carbons (Fsp3) is 0.333. The Morgan fingerprint density at radius 2 is 1.52 bits per heavy atom. The van der Waals surface area contributed by atoms with Crippen LogP contribution in [0, 0.1) is 5.82 Å². The number of ketones is 1. The molecule has 1 heterocycles. The van der Waals surface area contributed by atoms with Crippen molar-refractivity contribution in [1.82, 2.24) is 0 Å². The van der Waals surface area contributed by atoms with Crippen molar-refractivity contribution in [3.8, 4) is 0 Å². The highest BCUT2D eigenvalue weighted by Gasteiger charge is 2.51. The van der Waals surface area contributed by atoms with Gasteiger partial charge in [-0.1, -0.05) is 6.07 Å². The monoisotopic (exact) mass is 398 g/mol. The predicted octanol–water partition coefficient (Wildman–Crippen LogP) is 3.97. The molecule has 1 aliphatic heterocycles. The lowest BCUT2D eigenvalue weighted by molar-refractivity contribution is 0.00578. The number of benzene rings is 2. The zero-order valence-corrected chi connectivity index (χ0v) is 17.1. The molecule has 0 aromatic heterocycles. The second kappa shape index (κ2) is 7.61. The standard InChI is InChI=1S/C21H24BFN2O4/c1-13(26)14-6-9-16(10-7-14)24-19(27)25-18-11-8-15(12-17(18)23)22-28-20(2,3)21(4,5)29-22/h6-12H,1-5H3,(H2,24,25,27). The van der Waals surface area contributed by atoms with Crippen molar-refractivity contribution in [2.75, 3.05) is 10.6 Å². The van der Waals surface area contributed by atoms with Gasteiger partial charge in [0.15, 0.2) is 5.78 Å². The molecule has 0 spiro atoms. The maximum Gasteiger partial charge on any atom is 0.494 e. The molecule has 0 atom stereocenters. The first-order chi connectivity index (χ1) is 13.5. The quantitative estimate of drug-likeness (QED) is 0.604. The van der Waals surface area contributed by atoms with Gasteiger partial charge in [0.05, 0.1) is 16.9 Å². The second-order valence-corrected chi connectivity index (χ2v) is 8.04. The first kappa shape index (κ1) is 21.0. The summed E-state index contributed by atoms with van der Waals surface area (Å²) in [5.41, 5.74) is 0.545. The fourth-order valence-corrected chi connectivity index (χ4v) is 2.83. The Hall–Kier alpha value is -2.71. The molecular formula is C21H24BFN2O4. The molecule has 8 heteroatoms. The summed E-state index contributed by atoms with van der Waals surface area (Å²) in [6, 6.07) is 10.2. The molecule has 0 unspecified atom stereocenters. The Bertz CT molecular complexity index is 928. The fourth-order valence-electron chi connectivity index (χ4n) is 2.83. The minimum absolute atomic E-state index is 0.0307. The molecule has 152 valence electrons. The summed E-state index contributed by atoms with van der Waals surface area (Å²) < 4.78 is 26.4. The zero-order chi connectivity index (χ0) is 21.4. The summed E-state index contributed by atoms with van der Waals surface area (Å²) >= 11 is 0. The minimum atomic E-state index is -0.683. The number of carbonyl (C=O) groups excluding carboxylic acids is 2. The van der Waals surface area contributed by atoms with Crippen molar-refractivity contribution in [2.45, 2.75) is 45.8 Å². The van der Waals surface area contributed by atoms with Gasteiger partial charge in [0.2, 0.25) is 0 Å². The summed E-state index contributed by atoms with van der Waals surface area (Å²) in [4.78, 5) is 23.5. The third-order valence-corrected chi connectivity index (χ3v) is 5.32. The highest BCUT2D eigenvalue weighted by molar-refractivity contribution is 6.62. The van der Waals surface area contributed by atoms with Crippen LogP contribution in [0.4, 0.5) is 20.6 Å². The highest BCUT2D eigenvalue weighted by Crippen LogP contribution is 2.36. The van der Waals surface area contributed by atoms with Crippen molar-refractivity contribution in [3.05, 3.63) is 53.8 Å². The van der Waals surface area contributed by atoms with E-state index < -0.39 is 30.2 Å². The lowest BCUT2D eigenvalue weighted by atomic mass is 9.79. The lowest BCUT2D eigenvalue weighted by Gasteiger charge is -2.32. The van der Waals surface area contributed by atoms with E-state index in [0.29, 0.717) is 16.7 Å². The van der Waals surface area contributed by atoms with E-state index in [1.165, 1.54) is 19.1 Å². The van der Waals surface area contributed by atoms with Gasteiger partial charge in [-0.15, -0.1) is 0 Å². The van der Waals surface area contributed by atoms with Crippen LogP contribution in [0.25, 0.3) is 0 Å². The molecule has 2 N–H and O–H groups in total. The van der Waals surface area contributed by atoms with Crippen LogP contribution in [0.2, 0.25) is 0 Å². The van der Waals surface area contributed by atoms with E-state index in [9.17, 15) is 14.0 Å². The van der Waals surface area contributed by atoms with Gasteiger partial charge in [-0.2, -0.15) is 0 Å². The largest absolute Gasteiger partial charge is 0.494 e. The van der Waals surface area contributed by atoms with Gasteiger partial charge < -0.3 is 19.9 Å². The molecule has 0 bridgehead atoms. The Morgan fingerprint density at radius 1 is 0.931 bits per heavy atom. The highest BCUT2D eigenvalue weighted by atomic mass is 19.1. The van der Waals surface area contributed by atoms with Gasteiger partial charge in [-0.25, -0.2) is 9.18 Å². The molecule has 29 heavy (non-hydrogen) atoms. The summed E-state index contributed by atoms with van der Waals surface area (Å²) in [7, 11) is -0.683. The van der Waals surface area contributed by atoms with Gasteiger partial charge in [-0.3, -0.25) is 4.79 Å². The Labute approximate surface area is 169 Å². The van der Waals surface area contributed by atoms with Crippen LogP contribution in [0.5, 0.6) is 0 Å². The summed E-state index contributed by atoms with van der Waals surface area (Å²) in [5, 5.41) is 5.07. The summed E-state index contributed by atoms with van der Waals surface area (Å²) in [6.07, 6.45) is 0. The lowest BCUT2D eigenvalue weighted by Crippen LogP contribution is -2.41. The molecule has 2 aromatic rings. The van der Waals surface area contributed by atoms with Crippen LogP contribution in [0.1, 0.15) is 45.0 Å². The van der Waals surface area contributed by atoms with Crippen LogP contribution in [0.3, 0.4) is 0 Å². The summed E-state index contributed by atoms with van der Waals surface area (Å²) in [6.45, 7) is 9.16. The number of nitrogens with one attached hydrogen (secondary N) is 2. The zero-order valence-electron chi connectivity index (χ0n) is 17.1. The number of anilines is 2. The smallest absolute Gasteiger partial charge is 0.399 e. The van der Waals surface area contributed by atoms with Crippen molar-refractivity contribution in [3.63, 3.8) is 0 Å². The van der Waals surface area contributed by atoms with Gasteiger partial charge in [0.25, 0.3) is 0 Å². The molecular weight excluding hydrogens is 374 g/mol. The van der Waals surface area contributed by atoms with Gasteiger partial charge >= 0.3 is 13.1 Å². The van der Waals surface area contributed by atoms with Crippen LogP contribution < -0.4 is 16.1 Å². The van der Waals surface area contributed by atoms with Gasteiger partial charge in [0, 0.05) is 11.3 Å². The number of hydrogen-bond donors (Lipinski definition) is 2. The maximum absolute atomic E-state index is 14.5. The predicted molar refractivity (Wildman–Crippen MR) is 111 cm³/mol. The number of carbonyl (C=O) groups is 2. The number of hydrogen-bond acceptors (Lipinski definition) is 4. The maximum atomic E-state index is 14.5. The van der Waals surface area contributed by atoms with Crippen molar-refractivity contribution in [2.24, 2.45) is 0 Å². The van der Waals surface area contributed by atoms with Crippen molar-refractivity contribution in [1.29, 1.82) is 0 Å². The molecule has 1 fully saturated rings. The molecule has 1 saturated heterocycles. The van der Waals surface area contributed by atoms with Crippen LogP contribution in [-0.2, 0) is 9.31 Å². The average molecular weight is 398 g/mol. The Balaban J connectivity index is 1.66. The third-order valence-electron chi connectivity index (χ3n) is 5.32. The summed E-state index contributed by atoms with van der Waals surface area (Å²) in [5.74, 6) is -0.663. The average Bonchev–Trinajstić information content (AvgIpc) is 2.84. The van der Waals surface area contributed by atoms with Gasteiger partial charge in [-0.05, 0) is 76.5 Å². The first-order valence-electron chi connectivity index (χ1n) is 9.32. The van der Waals surface area contributed by atoms with Crippen LogP contribution in [-0.4, -0.2) is 30.1 Å². The SMILES string of the molecule is CC(=O)c1ccc(NC(=O)Nc2ccc(B3OC(C)(C)C(C)(C)O3)cc2F)cc1. The van der Waals surface area contributed by atoms with E-state index in [1.54, 1.807) is 30.3 Å².